The molecule has 34 heavy (non-hydrogen) atoms. The van der Waals surface area contributed by atoms with Crippen molar-refractivity contribution in [2.75, 3.05) is 4.72 Å². The van der Waals surface area contributed by atoms with Crippen LogP contribution in [0, 0.1) is 11.3 Å². The van der Waals surface area contributed by atoms with Crippen LogP contribution in [-0.2, 0) is 22.4 Å². The van der Waals surface area contributed by atoms with Gasteiger partial charge < -0.3 is 4.74 Å². The average Bonchev–Trinajstić information content (AvgIpc) is 2.72. The topological polar surface area (TPSA) is 79.2 Å². The largest absolute Gasteiger partial charge is 0.456 e. The van der Waals surface area contributed by atoms with E-state index >= 15 is 0 Å². The molecule has 178 valence electrons. The van der Waals surface area contributed by atoms with Crippen LogP contribution >= 0.6 is 11.6 Å². The van der Waals surface area contributed by atoms with Crippen LogP contribution in [-0.4, -0.2) is 8.42 Å². The third-order valence-electron chi connectivity index (χ3n) is 4.29. The number of halogens is 7. The lowest BCUT2D eigenvalue weighted by Crippen LogP contribution is -2.16. The van der Waals surface area contributed by atoms with Crippen LogP contribution in [0.2, 0.25) is 5.02 Å². The van der Waals surface area contributed by atoms with Gasteiger partial charge in [-0.15, -0.1) is 0 Å². The summed E-state index contributed by atoms with van der Waals surface area (Å²) < 4.78 is 110. The highest BCUT2D eigenvalue weighted by Crippen LogP contribution is 2.38. The Bertz CT molecular complexity index is 1330. The maximum Gasteiger partial charge on any atom is 0.416 e. The fourth-order valence-corrected chi connectivity index (χ4v) is 3.99. The van der Waals surface area contributed by atoms with E-state index in [4.69, 9.17) is 21.6 Å². The van der Waals surface area contributed by atoms with Gasteiger partial charge in [-0.25, -0.2) is 8.42 Å². The molecule has 0 aliphatic heterocycles. The second kappa shape index (κ2) is 9.08. The molecule has 0 fully saturated rings. The number of anilines is 1. The third kappa shape index (κ3) is 5.73. The Labute approximate surface area is 194 Å². The van der Waals surface area contributed by atoms with Crippen LogP contribution < -0.4 is 9.46 Å². The Morgan fingerprint density at radius 1 is 0.882 bits per heavy atom. The summed E-state index contributed by atoms with van der Waals surface area (Å²) in [4.78, 5) is -0.461. The number of ether oxygens (including phenoxy) is 1. The molecule has 0 amide bonds. The normalized spacial score (nSPS) is 12.2. The molecule has 3 aromatic carbocycles. The number of rotatable bonds is 5. The van der Waals surface area contributed by atoms with Crippen molar-refractivity contribution < 1.29 is 39.5 Å². The predicted octanol–water partition coefficient (Wildman–Crippen LogP) is 6.84. The molecule has 13 heteroatoms. The molecule has 0 aliphatic rings. The Kier molecular flexibility index (Phi) is 6.73. The summed E-state index contributed by atoms with van der Waals surface area (Å²) in [6.07, 6.45) is -10.3. The van der Waals surface area contributed by atoms with E-state index in [0.29, 0.717) is 0 Å². The molecule has 3 rings (SSSR count). The van der Waals surface area contributed by atoms with Gasteiger partial charge in [0, 0.05) is 0 Å². The van der Waals surface area contributed by atoms with E-state index in [1.54, 1.807) is 4.72 Å². The van der Waals surface area contributed by atoms with Gasteiger partial charge in [0.15, 0.2) is 0 Å². The van der Waals surface area contributed by atoms with E-state index in [2.05, 4.69) is 0 Å². The van der Waals surface area contributed by atoms with Crippen LogP contribution in [0.4, 0.5) is 32.0 Å². The molecule has 0 unspecified atom stereocenters. The third-order valence-corrected chi connectivity index (χ3v) is 6.00. The van der Waals surface area contributed by atoms with E-state index in [-0.39, 0.29) is 40.3 Å². The van der Waals surface area contributed by atoms with Gasteiger partial charge in [-0.3, -0.25) is 4.72 Å². The molecule has 0 saturated carbocycles. The molecular formula is C21H11ClF6N2O3S. The van der Waals surface area contributed by atoms with Crippen LogP contribution in [0.3, 0.4) is 0 Å². The first-order valence-corrected chi connectivity index (χ1v) is 10.9. The van der Waals surface area contributed by atoms with Crippen molar-refractivity contribution in [2.45, 2.75) is 17.2 Å². The number of nitrogens with zero attached hydrogens (tertiary/aromatic N) is 1. The second-order valence-electron chi connectivity index (χ2n) is 6.70. The lowest BCUT2D eigenvalue weighted by Gasteiger charge is -2.15. The van der Waals surface area contributed by atoms with Gasteiger partial charge in [0.05, 0.1) is 26.7 Å². The summed E-state index contributed by atoms with van der Waals surface area (Å²) in [5, 5.41) is 9.29. The Balaban J connectivity index is 1.89. The van der Waals surface area contributed by atoms with E-state index in [1.807, 2.05) is 6.07 Å². The van der Waals surface area contributed by atoms with E-state index in [0.717, 1.165) is 12.1 Å². The highest BCUT2D eigenvalue weighted by atomic mass is 35.5. The number of nitriles is 1. The molecule has 1 N–H and O–H groups in total. The minimum atomic E-state index is -5.14. The molecular weight excluding hydrogens is 510 g/mol. The van der Waals surface area contributed by atoms with Crippen molar-refractivity contribution in [3.63, 3.8) is 0 Å². The summed E-state index contributed by atoms with van der Waals surface area (Å²) >= 11 is 5.91. The average molecular weight is 521 g/mol. The molecule has 3 aromatic rings. The van der Waals surface area contributed by atoms with Crippen molar-refractivity contribution in [3.8, 4) is 17.6 Å². The van der Waals surface area contributed by atoms with Crippen molar-refractivity contribution in [1.29, 1.82) is 5.26 Å². The summed E-state index contributed by atoms with van der Waals surface area (Å²) in [6.45, 7) is 0. The zero-order valence-electron chi connectivity index (χ0n) is 16.5. The molecule has 0 spiro atoms. The van der Waals surface area contributed by atoms with Gasteiger partial charge in [-0.05, 0) is 54.6 Å². The first kappa shape index (κ1) is 25.2. The van der Waals surface area contributed by atoms with Crippen LogP contribution in [0.1, 0.15) is 16.7 Å². The second-order valence-corrected chi connectivity index (χ2v) is 8.79. The smallest absolute Gasteiger partial charge is 0.416 e. The first-order valence-electron chi connectivity index (χ1n) is 8.99. The van der Waals surface area contributed by atoms with Crippen LogP contribution in [0.5, 0.6) is 11.5 Å². The zero-order chi connectivity index (χ0) is 25.3. The molecule has 0 atom stereocenters. The summed E-state index contributed by atoms with van der Waals surface area (Å²) in [5.74, 6) is 0.184. The maximum absolute atomic E-state index is 13.0. The quantitative estimate of drug-likeness (QED) is 0.373. The van der Waals surface area contributed by atoms with Gasteiger partial charge in [-0.1, -0.05) is 17.7 Å². The predicted molar refractivity (Wildman–Crippen MR) is 110 cm³/mol. The molecule has 0 aromatic heterocycles. The summed E-state index contributed by atoms with van der Waals surface area (Å²) in [7, 11) is -4.56. The molecule has 0 aliphatic carbocycles. The number of hydrogen-bond acceptors (Lipinski definition) is 4. The van der Waals surface area contributed by atoms with Gasteiger partial charge in [0.2, 0.25) is 0 Å². The number of alkyl halides is 6. The van der Waals surface area contributed by atoms with Crippen molar-refractivity contribution in [3.05, 3.63) is 82.4 Å². The van der Waals surface area contributed by atoms with Crippen molar-refractivity contribution >= 4 is 27.3 Å². The Hall–Kier alpha value is -3.43. The highest BCUT2D eigenvalue weighted by molar-refractivity contribution is 7.92. The molecule has 0 radical (unpaired) electrons. The SMILES string of the molecule is N#Cc1c(Cl)cccc1Oc1ccc(S(=O)(=O)Nc2cc(C(F)(F)F)cc(C(F)(F)F)c2)cc1. The minimum Gasteiger partial charge on any atom is -0.456 e. The fraction of sp³-hybridized carbons (Fsp3) is 0.0952. The van der Waals surface area contributed by atoms with Crippen LogP contribution in [0.25, 0.3) is 0 Å². The van der Waals surface area contributed by atoms with Crippen molar-refractivity contribution in [1.82, 2.24) is 0 Å². The molecule has 0 saturated heterocycles. The summed E-state index contributed by atoms with van der Waals surface area (Å²) in [5.41, 5.74) is -4.22. The fourth-order valence-electron chi connectivity index (χ4n) is 2.74. The van der Waals surface area contributed by atoms with Crippen molar-refractivity contribution in [2.24, 2.45) is 0 Å². The maximum atomic E-state index is 13.0. The number of sulfonamides is 1. The monoisotopic (exact) mass is 520 g/mol. The lowest BCUT2D eigenvalue weighted by atomic mass is 10.1. The standard InChI is InChI=1S/C21H11ClF6N2O3S/c22-18-2-1-3-19(17(18)11-29)33-15-4-6-16(7-5-15)34(31,32)30-14-9-12(20(23,24)25)8-13(10-14)21(26,27)28/h1-10,30H. The number of hydrogen-bond donors (Lipinski definition) is 1. The molecule has 0 heterocycles. The van der Waals surface area contributed by atoms with E-state index in [1.165, 1.54) is 30.3 Å². The zero-order valence-corrected chi connectivity index (χ0v) is 18.1. The first-order chi connectivity index (χ1) is 15.7. The lowest BCUT2D eigenvalue weighted by molar-refractivity contribution is -0.143. The molecule has 0 bridgehead atoms. The minimum absolute atomic E-state index is 0.0348. The van der Waals surface area contributed by atoms with E-state index in [9.17, 15) is 34.8 Å². The van der Waals surface area contributed by atoms with E-state index < -0.39 is 44.1 Å². The van der Waals surface area contributed by atoms with Gasteiger partial charge in [-0.2, -0.15) is 31.6 Å². The highest BCUT2D eigenvalue weighted by Gasteiger charge is 2.37. The van der Waals surface area contributed by atoms with Crippen LogP contribution in [0.15, 0.2) is 65.6 Å². The van der Waals surface area contributed by atoms with Gasteiger partial charge in [0.1, 0.15) is 23.1 Å². The van der Waals surface area contributed by atoms with Gasteiger partial charge in [0.25, 0.3) is 10.0 Å². The van der Waals surface area contributed by atoms with Gasteiger partial charge >= 0.3 is 12.4 Å². The Morgan fingerprint density at radius 3 is 1.94 bits per heavy atom. The Morgan fingerprint density at radius 2 is 1.44 bits per heavy atom. The summed E-state index contributed by atoms with van der Waals surface area (Å²) in [6, 6.07) is 11.1. The number of nitrogens with one attached hydrogen (secondary N) is 1. The number of benzene rings is 3. The molecule has 5 nitrogen and oxygen atoms in total.